The van der Waals surface area contributed by atoms with Crippen LogP contribution < -0.4 is 4.74 Å². The molecule has 0 bridgehead atoms. The first kappa shape index (κ1) is 14.9. The molecule has 0 spiro atoms. The molecule has 1 heterocycles. The molecule has 0 radical (unpaired) electrons. The molecule has 0 fully saturated rings. The number of rotatable bonds is 3. The van der Waals surface area contributed by atoms with Gasteiger partial charge in [0.05, 0.1) is 12.7 Å². The van der Waals surface area contributed by atoms with Crippen LogP contribution in [-0.2, 0) is 5.54 Å². The van der Waals surface area contributed by atoms with Gasteiger partial charge in [-0.1, -0.05) is 0 Å². The molecule has 0 unspecified atom stereocenters. The van der Waals surface area contributed by atoms with Crippen molar-refractivity contribution in [3.8, 4) is 11.8 Å². The van der Waals surface area contributed by atoms with E-state index < -0.39 is 0 Å². The van der Waals surface area contributed by atoms with Crippen LogP contribution in [0.4, 0.5) is 5.82 Å². The average Bonchev–Trinajstić information content (AvgIpc) is 2.89. The Kier molecular flexibility index (Phi) is 4.13. The van der Waals surface area contributed by atoms with Crippen LogP contribution in [0.15, 0.2) is 41.5 Å². The second-order valence-corrected chi connectivity index (χ2v) is 5.77. The van der Waals surface area contributed by atoms with Gasteiger partial charge in [0.25, 0.3) is 0 Å². The summed E-state index contributed by atoms with van der Waals surface area (Å²) in [6.07, 6.45) is 3.62. The van der Waals surface area contributed by atoms with Crippen molar-refractivity contribution >= 4 is 12.0 Å². The molecule has 0 aliphatic rings. The zero-order valence-corrected chi connectivity index (χ0v) is 12.8. The number of aromatic nitrogens is 1. The summed E-state index contributed by atoms with van der Waals surface area (Å²) in [5.41, 5.74) is 1.48. The van der Waals surface area contributed by atoms with Crippen LogP contribution in [0.25, 0.3) is 0 Å². The standard InChI is InChI=1S/C17H19N3O/c1-17(2,3)20-12-14(10-18)9-16(20)19-11-13-5-7-15(21-4)8-6-13/h5-9,11-12H,1-4H3. The summed E-state index contributed by atoms with van der Waals surface area (Å²) in [6, 6.07) is 11.6. The molecule has 0 atom stereocenters. The minimum Gasteiger partial charge on any atom is -0.497 e. The molecule has 1 aromatic carbocycles. The molecule has 2 aromatic rings. The predicted molar refractivity (Wildman–Crippen MR) is 84.4 cm³/mol. The van der Waals surface area contributed by atoms with Crippen molar-refractivity contribution in [2.45, 2.75) is 26.3 Å². The van der Waals surface area contributed by atoms with Gasteiger partial charge in [-0.25, -0.2) is 4.99 Å². The van der Waals surface area contributed by atoms with Gasteiger partial charge in [0, 0.05) is 24.0 Å². The Morgan fingerprint density at radius 2 is 1.90 bits per heavy atom. The van der Waals surface area contributed by atoms with E-state index >= 15 is 0 Å². The molecule has 0 saturated carbocycles. The van der Waals surface area contributed by atoms with E-state index in [9.17, 15) is 0 Å². The third kappa shape index (κ3) is 3.51. The number of nitriles is 1. The third-order valence-corrected chi connectivity index (χ3v) is 3.11. The van der Waals surface area contributed by atoms with Crippen molar-refractivity contribution < 1.29 is 4.74 Å². The first-order valence-corrected chi connectivity index (χ1v) is 6.75. The highest BCUT2D eigenvalue weighted by atomic mass is 16.5. The highest BCUT2D eigenvalue weighted by Crippen LogP contribution is 2.26. The summed E-state index contributed by atoms with van der Waals surface area (Å²) >= 11 is 0. The lowest BCUT2D eigenvalue weighted by atomic mass is 10.1. The van der Waals surface area contributed by atoms with Crippen LogP contribution in [0.2, 0.25) is 0 Å². The van der Waals surface area contributed by atoms with Gasteiger partial charge in [-0.05, 0) is 50.6 Å². The van der Waals surface area contributed by atoms with E-state index in [1.165, 1.54) is 0 Å². The van der Waals surface area contributed by atoms with Crippen molar-refractivity contribution in [1.29, 1.82) is 5.26 Å². The maximum Gasteiger partial charge on any atom is 0.134 e. The molecule has 1 aromatic heterocycles. The molecule has 0 amide bonds. The van der Waals surface area contributed by atoms with Gasteiger partial charge >= 0.3 is 0 Å². The van der Waals surface area contributed by atoms with E-state index in [1.54, 1.807) is 19.4 Å². The maximum absolute atomic E-state index is 9.05. The second-order valence-electron chi connectivity index (χ2n) is 5.77. The number of methoxy groups -OCH3 is 1. The Labute approximate surface area is 125 Å². The summed E-state index contributed by atoms with van der Waals surface area (Å²) < 4.78 is 7.13. The summed E-state index contributed by atoms with van der Waals surface area (Å²) in [4.78, 5) is 4.51. The predicted octanol–water partition coefficient (Wildman–Crippen LogP) is 3.87. The van der Waals surface area contributed by atoms with E-state index in [0.717, 1.165) is 17.1 Å². The lowest BCUT2D eigenvalue weighted by Crippen LogP contribution is -2.20. The molecule has 108 valence electrons. The van der Waals surface area contributed by atoms with Gasteiger partial charge in [-0.3, -0.25) is 0 Å². The molecule has 4 heteroatoms. The molecular formula is C17H19N3O. The van der Waals surface area contributed by atoms with Gasteiger partial charge in [0.1, 0.15) is 17.6 Å². The summed E-state index contributed by atoms with van der Waals surface area (Å²) in [5.74, 6) is 1.59. The highest BCUT2D eigenvalue weighted by Gasteiger charge is 2.17. The Balaban J connectivity index is 2.31. The molecule has 0 saturated heterocycles. The van der Waals surface area contributed by atoms with Crippen LogP contribution >= 0.6 is 0 Å². The molecule has 0 aliphatic carbocycles. The van der Waals surface area contributed by atoms with Gasteiger partial charge in [-0.15, -0.1) is 0 Å². The SMILES string of the molecule is COc1ccc(C=Nc2cc(C#N)cn2C(C)(C)C)cc1. The Hall–Kier alpha value is -2.54. The van der Waals surface area contributed by atoms with Gasteiger partial charge in [0.15, 0.2) is 0 Å². The zero-order valence-electron chi connectivity index (χ0n) is 12.8. The average molecular weight is 281 g/mol. The monoisotopic (exact) mass is 281 g/mol. The molecule has 4 nitrogen and oxygen atoms in total. The maximum atomic E-state index is 9.05. The van der Waals surface area contributed by atoms with Gasteiger partial charge < -0.3 is 9.30 Å². The summed E-state index contributed by atoms with van der Waals surface area (Å²) in [5, 5.41) is 9.05. The van der Waals surface area contributed by atoms with E-state index in [-0.39, 0.29) is 5.54 Å². The Morgan fingerprint density at radius 3 is 2.43 bits per heavy atom. The van der Waals surface area contributed by atoms with E-state index in [0.29, 0.717) is 5.56 Å². The molecule has 21 heavy (non-hydrogen) atoms. The number of nitrogens with zero attached hydrogens (tertiary/aromatic N) is 3. The van der Waals surface area contributed by atoms with Crippen LogP contribution in [0, 0.1) is 11.3 Å². The van der Waals surface area contributed by atoms with Gasteiger partial charge in [-0.2, -0.15) is 5.26 Å². The summed E-state index contributed by atoms with van der Waals surface area (Å²) in [6.45, 7) is 6.25. The van der Waals surface area contributed by atoms with E-state index in [4.69, 9.17) is 10.00 Å². The first-order chi connectivity index (χ1) is 9.94. The van der Waals surface area contributed by atoms with Crippen molar-refractivity contribution in [2.75, 3.05) is 7.11 Å². The number of hydrogen-bond acceptors (Lipinski definition) is 3. The highest BCUT2D eigenvalue weighted by molar-refractivity contribution is 5.81. The summed E-state index contributed by atoms with van der Waals surface area (Å²) in [7, 11) is 1.64. The third-order valence-electron chi connectivity index (χ3n) is 3.11. The fourth-order valence-corrected chi connectivity index (χ4v) is 1.98. The molecule has 0 aliphatic heterocycles. The van der Waals surface area contributed by atoms with Crippen molar-refractivity contribution in [2.24, 2.45) is 4.99 Å². The van der Waals surface area contributed by atoms with Crippen molar-refractivity contribution in [1.82, 2.24) is 4.57 Å². The fraction of sp³-hybridized carbons (Fsp3) is 0.294. The smallest absolute Gasteiger partial charge is 0.134 e. The largest absolute Gasteiger partial charge is 0.497 e. The van der Waals surface area contributed by atoms with Crippen LogP contribution in [-0.4, -0.2) is 17.9 Å². The normalized spacial score (nSPS) is 11.6. The van der Waals surface area contributed by atoms with Crippen LogP contribution in [0.3, 0.4) is 0 Å². The van der Waals surface area contributed by atoms with Gasteiger partial charge in [0.2, 0.25) is 0 Å². The fourth-order valence-electron chi connectivity index (χ4n) is 1.98. The number of aliphatic imine (C=N–C) groups is 1. The molecular weight excluding hydrogens is 262 g/mol. The van der Waals surface area contributed by atoms with Crippen LogP contribution in [0.1, 0.15) is 31.9 Å². The number of benzene rings is 1. The second kappa shape index (κ2) is 5.84. The molecule has 0 N–H and O–H groups in total. The first-order valence-electron chi connectivity index (χ1n) is 6.75. The number of hydrogen-bond donors (Lipinski definition) is 0. The Bertz CT molecular complexity index is 682. The lowest BCUT2D eigenvalue weighted by molar-refractivity contribution is 0.402. The van der Waals surface area contributed by atoms with E-state index in [1.807, 2.05) is 35.0 Å². The Morgan fingerprint density at radius 1 is 1.24 bits per heavy atom. The van der Waals surface area contributed by atoms with Crippen LogP contribution in [0.5, 0.6) is 5.75 Å². The molecule has 2 rings (SSSR count). The minimum absolute atomic E-state index is 0.123. The quantitative estimate of drug-likeness (QED) is 0.802. The van der Waals surface area contributed by atoms with Crippen molar-refractivity contribution in [3.05, 3.63) is 47.7 Å². The minimum atomic E-state index is -0.123. The number of ether oxygens (including phenoxy) is 1. The zero-order chi connectivity index (χ0) is 15.5. The van der Waals surface area contributed by atoms with Crippen molar-refractivity contribution in [3.63, 3.8) is 0 Å². The lowest BCUT2D eigenvalue weighted by Gasteiger charge is -2.22. The van der Waals surface area contributed by atoms with E-state index in [2.05, 4.69) is 31.8 Å². The topological polar surface area (TPSA) is 50.3 Å².